The van der Waals surface area contributed by atoms with Gasteiger partial charge in [-0.2, -0.15) is 0 Å². The van der Waals surface area contributed by atoms with Gasteiger partial charge in [-0.3, -0.25) is 4.79 Å². The van der Waals surface area contributed by atoms with Crippen molar-refractivity contribution >= 4 is 71.8 Å². The molecule has 0 heterocycles. The number of esters is 1. The molecule has 0 saturated heterocycles. The SMILES string of the molecule is CC(=O)Oc1ccc(N(c2cccc3c(N)cccc23)c2ccc3ccc4cccc5ccc2c3c45)cc1. The molecule has 7 aromatic carbocycles. The van der Waals surface area contributed by atoms with E-state index in [1.165, 1.54) is 33.9 Å². The summed E-state index contributed by atoms with van der Waals surface area (Å²) in [6.45, 7) is 1.41. The van der Waals surface area contributed by atoms with E-state index in [0.29, 0.717) is 5.75 Å². The molecule has 7 rings (SSSR count). The second-order valence-corrected chi connectivity index (χ2v) is 9.58. The fourth-order valence-corrected chi connectivity index (χ4v) is 5.66. The van der Waals surface area contributed by atoms with Crippen molar-refractivity contribution in [1.82, 2.24) is 0 Å². The van der Waals surface area contributed by atoms with Crippen LogP contribution in [0.4, 0.5) is 22.7 Å². The van der Waals surface area contributed by atoms with Crippen molar-refractivity contribution in [2.75, 3.05) is 10.6 Å². The normalized spacial score (nSPS) is 11.5. The van der Waals surface area contributed by atoms with Gasteiger partial charge in [0.25, 0.3) is 0 Å². The first-order valence-electron chi connectivity index (χ1n) is 12.6. The van der Waals surface area contributed by atoms with E-state index in [2.05, 4.69) is 77.7 Å². The minimum absolute atomic E-state index is 0.342. The summed E-state index contributed by atoms with van der Waals surface area (Å²) in [5.41, 5.74) is 10.2. The van der Waals surface area contributed by atoms with Crippen molar-refractivity contribution in [3.05, 3.63) is 115 Å². The van der Waals surface area contributed by atoms with Crippen LogP contribution in [0.15, 0.2) is 115 Å². The van der Waals surface area contributed by atoms with Crippen LogP contribution in [-0.2, 0) is 4.79 Å². The second-order valence-electron chi connectivity index (χ2n) is 9.58. The number of hydrogen-bond donors (Lipinski definition) is 1. The lowest BCUT2D eigenvalue weighted by Gasteiger charge is -2.29. The molecule has 0 unspecified atom stereocenters. The summed E-state index contributed by atoms with van der Waals surface area (Å²) < 4.78 is 5.32. The van der Waals surface area contributed by atoms with Crippen LogP contribution in [0, 0.1) is 0 Å². The molecule has 38 heavy (non-hydrogen) atoms. The Morgan fingerprint density at radius 2 is 1.21 bits per heavy atom. The average Bonchev–Trinajstić information content (AvgIpc) is 2.93. The molecule has 0 fully saturated rings. The van der Waals surface area contributed by atoms with Crippen LogP contribution in [0.5, 0.6) is 5.75 Å². The van der Waals surface area contributed by atoms with Crippen molar-refractivity contribution in [3.8, 4) is 5.75 Å². The van der Waals surface area contributed by atoms with Crippen molar-refractivity contribution in [2.45, 2.75) is 6.92 Å². The maximum Gasteiger partial charge on any atom is 0.308 e. The molecule has 0 aliphatic rings. The van der Waals surface area contributed by atoms with Gasteiger partial charge in [-0.05, 0) is 69.4 Å². The summed E-state index contributed by atoms with van der Waals surface area (Å²) in [5, 5.41) is 9.42. The number of nitrogens with two attached hydrogens (primary N) is 1. The van der Waals surface area contributed by atoms with Gasteiger partial charge in [0.2, 0.25) is 0 Å². The standard InChI is InChI=1S/C34H24N2O2/c1-21(37)38-26-17-15-25(16-18-26)36(31-10-4-7-27-28(31)8-3-9-30(27)35)32-20-14-24-12-11-22-5-2-6-23-13-19-29(32)34(24)33(22)23/h2-20H,35H2,1H3. The maximum atomic E-state index is 11.5. The van der Waals surface area contributed by atoms with Crippen molar-refractivity contribution < 1.29 is 9.53 Å². The van der Waals surface area contributed by atoms with Gasteiger partial charge in [0, 0.05) is 34.5 Å². The lowest BCUT2D eigenvalue weighted by molar-refractivity contribution is -0.131. The van der Waals surface area contributed by atoms with E-state index in [-0.39, 0.29) is 5.97 Å². The lowest BCUT2D eigenvalue weighted by atomic mass is 9.93. The largest absolute Gasteiger partial charge is 0.427 e. The first kappa shape index (κ1) is 22.1. The molecular weight excluding hydrogens is 468 g/mol. The maximum absolute atomic E-state index is 11.5. The summed E-state index contributed by atoms with van der Waals surface area (Å²) >= 11 is 0. The number of fused-ring (bicyclic) bond motifs is 1. The number of nitrogen functional groups attached to an aromatic ring is 1. The highest BCUT2D eigenvalue weighted by Gasteiger charge is 2.20. The Bertz CT molecular complexity index is 1980. The number of ether oxygens (including phenoxy) is 1. The molecule has 0 aromatic heterocycles. The molecule has 0 amide bonds. The molecule has 7 aromatic rings. The third-order valence-electron chi connectivity index (χ3n) is 7.28. The fourth-order valence-electron chi connectivity index (χ4n) is 5.66. The zero-order valence-corrected chi connectivity index (χ0v) is 20.8. The number of nitrogens with zero attached hydrogens (tertiary/aromatic N) is 1. The number of benzene rings is 7. The van der Waals surface area contributed by atoms with E-state index < -0.39 is 0 Å². The van der Waals surface area contributed by atoms with Crippen LogP contribution in [0.3, 0.4) is 0 Å². The third-order valence-corrected chi connectivity index (χ3v) is 7.28. The summed E-state index contributed by atoms with van der Waals surface area (Å²) in [6.07, 6.45) is 0. The van der Waals surface area contributed by atoms with Gasteiger partial charge in [-0.1, -0.05) is 72.8 Å². The van der Waals surface area contributed by atoms with Gasteiger partial charge in [0.1, 0.15) is 5.75 Å². The molecule has 4 nitrogen and oxygen atoms in total. The minimum atomic E-state index is -0.342. The molecule has 0 saturated carbocycles. The van der Waals surface area contributed by atoms with Gasteiger partial charge in [0.05, 0.1) is 11.4 Å². The van der Waals surface area contributed by atoms with Crippen molar-refractivity contribution in [2.24, 2.45) is 0 Å². The monoisotopic (exact) mass is 492 g/mol. The smallest absolute Gasteiger partial charge is 0.308 e. The molecular formula is C34H24N2O2. The van der Waals surface area contributed by atoms with Gasteiger partial charge in [-0.15, -0.1) is 0 Å². The second kappa shape index (κ2) is 8.49. The summed E-state index contributed by atoms with van der Waals surface area (Å²) in [4.78, 5) is 13.8. The van der Waals surface area contributed by atoms with Crippen LogP contribution >= 0.6 is 0 Å². The van der Waals surface area contributed by atoms with E-state index >= 15 is 0 Å². The average molecular weight is 493 g/mol. The molecule has 2 N–H and O–H groups in total. The highest BCUT2D eigenvalue weighted by Crippen LogP contribution is 2.46. The first-order chi connectivity index (χ1) is 18.6. The van der Waals surface area contributed by atoms with Gasteiger partial charge < -0.3 is 15.4 Å². The topological polar surface area (TPSA) is 55.6 Å². The molecule has 0 bridgehead atoms. The van der Waals surface area contributed by atoms with E-state index in [9.17, 15) is 4.79 Å². The fraction of sp³-hybridized carbons (Fsp3) is 0.0294. The zero-order chi connectivity index (χ0) is 25.8. The molecule has 0 aliphatic heterocycles. The summed E-state index contributed by atoms with van der Waals surface area (Å²) in [6, 6.07) is 39.6. The van der Waals surface area contributed by atoms with Crippen LogP contribution < -0.4 is 15.4 Å². The predicted octanol–water partition coefficient (Wildman–Crippen LogP) is 8.71. The quantitative estimate of drug-likeness (QED) is 0.116. The van der Waals surface area contributed by atoms with Crippen molar-refractivity contribution in [1.29, 1.82) is 0 Å². The van der Waals surface area contributed by atoms with E-state index in [0.717, 1.165) is 38.9 Å². The third kappa shape index (κ3) is 3.42. The minimum Gasteiger partial charge on any atom is -0.427 e. The highest BCUT2D eigenvalue weighted by atomic mass is 16.5. The number of rotatable bonds is 4. The van der Waals surface area contributed by atoms with Crippen LogP contribution in [0.25, 0.3) is 43.1 Å². The van der Waals surface area contributed by atoms with Crippen molar-refractivity contribution in [3.63, 3.8) is 0 Å². The van der Waals surface area contributed by atoms with Gasteiger partial charge >= 0.3 is 5.97 Å². The first-order valence-corrected chi connectivity index (χ1v) is 12.6. The number of anilines is 4. The molecule has 0 aliphatic carbocycles. The Morgan fingerprint density at radius 1 is 0.605 bits per heavy atom. The van der Waals surface area contributed by atoms with Crippen LogP contribution in [-0.4, -0.2) is 5.97 Å². The van der Waals surface area contributed by atoms with E-state index in [4.69, 9.17) is 10.5 Å². The number of carbonyl (C=O) groups excluding carboxylic acids is 1. The van der Waals surface area contributed by atoms with E-state index in [1.54, 1.807) is 0 Å². The summed E-state index contributed by atoms with van der Waals surface area (Å²) in [7, 11) is 0. The Morgan fingerprint density at radius 3 is 1.97 bits per heavy atom. The van der Waals surface area contributed by atoms with Crippen LogP contribution in [0.1, 0.15) is 6.92 Å². The van der Waals surface area contributed by atoms with Gasteiger partial charge in [0.15, 0.2) is 0 Å². The predicted molar refractivity (Wildman–Crippen MR) is 158 cm³/mol. The molecule has 0 atom stereocenters. The molecule has 4 heteroatoms. The Kier molecular flexibility index (Phi) is 4.95. The Hall–Kier alpha value is -5.09. The van der Waals surface area contributed by atoms with E-state index in [1.807, 2.05) is 42.5 Å². The molecule has 182 valence electrons. The highest BCUT2D eigenvalue weighted by molar-refractivity contribution is 6.26. The molecule has 0 spiro atoms. The zero-order valence-electron chi connectivity index (χ0n) is 20.8. The van der Waals surface area contributed by atoms with Crippen LogP contribution in [0.2, 0.25) is 0 Å². The number of hydrogen-bond acceptors (Lipinski definition) is 4. The lowest BCUT2D eigenvalue weighted by Crippen LogP contribution is -2.11. The Balaban J connectivity index is 1.55. The van der Waals surface area contributed by atoms with Gasteiger partial charge in [-0.25, -0.2) is 0 Å². The Labute approximate surface area is 219 Å². The molecule has 0 radical (unpaired) electrons. The number of carbonyl (C=O) groups is 1. The summed E-state index contributed by atoms with van der Waals surface area (Å²) in [5.74, 6) is 0.171.